The minimum atomic E-state index is -0.556. The average molecular weight is 404 g/mol. The number of nitrogens with zero attached hydrogens (tertiary/aromatic N) is 2. The Morgan fingerprint density at radius 3 is 2.63 bits per heavy atom. The predicted molar refractivity (Wildman–Crippen MR) is 107 cm³/mol. The second-order valence-corrected chi connectivity index (χ2v) is 7.69. The Bertz CT molecular complexity index is 1030. The number of aryl methyl sites for hydroxylation is 1. The monoisotopic (exact) mass is 403 g/mol. The van der Waals surface area contributed by atoms with Crippen LogP contribution in [0.25, 0.3) is 16.9 Å². The van der Waals surface area contributed by atoms with Crippen molar-refractivity contribution in [2.75, 3.05) is 6.61 Å². The van der Waals surface area contributed by atoms with E-state index in [0.717, 1.165) is 10.4 Å². The van der Waals surface area contributed by atoms with E-state index in [4.69, 9.17) is 11.6 Å². The molecule has 2 N–H and O–H groups in total. The van der Waals surface area contributed by atoms with E-state index in [-0.39, 0.29) is 12.2 Å². The molecule has 6 nitrogen and oxygen atoms in total. The van der Waals surface area contributed by atoms with Crippen LogP contribution in [-0.4, -0.2) is 33.4 Å². The average Bonchev–Trinajstić information content (AvgIpc) is 3.08. The van der Waals surface area contributed by atoms with Crippen LogP contribution >= 0.6 is 22.9 Å². The summed E-state index contributed by atoms with van der Waals surface area (Å²) in [6, 6.07) is 9.81. The molecular formula is C19H18ClN3O3S. The third kappa shape index (κ3) is 4.27. The Kier molecular flexibility index (Phi) is 5.74. The number of thiophene rings is 1. The summed E-state index contributed by atoms with van der Waals surface area (Å²) in [6.45, 7) is 3.36. The topological polar surface area (TPSA) is 84.2 Å². The summed E-state index contributed by atoms with van der Waals surface area (Å²) in [6.07, 6.45) is 0. The van der Waals surface area contributed by atoms with Gasteiger partial charge in [-0.15, -0.1) is 11.3 Å². The van der Waals surface area contributed by atoms with Gasteiger partial charge in [0.1, 0.15) is 5.56 Å². The number of aliphatic hydroxyl groups excluding tert-OH is 1. The maximum atomic E-state index is 12.9. The molecule has 1 aromatic carbocycles. The Labute approximate surface area is 165 Å². The molecule has 2 heterocycles. The minimum Gasteiger partial charge on any atom is -0.394 e. The molecule has 0 radical (unpaired) electrons. The minimum absolute atomic E-state index is 0.0425. The summed E-state index contributed by atoms with van der Waals surface area (Å²) in [7, 11) is 0. The van der Waals surface area contributed by atoms with Crippen molar-refractivity contribution in [3.63, 3.8) is 0 Å². The van der Waals surface area contributed by atoms with Gasteiger partial charge in [0.2, 0.25) is 0 Å². The molecule has 3 aromatic rings. The zero-order chi connectivity index (χ0) is 19.6. The largest absolute Gasteiger partial charge is 0.394 e. The fourth-order valence-corrected chi connectivity index (χ4v) is 3.27. The maximum Gasteiger partial charge on any atom is 0.284 e. The van der Waals surface area contributed by atoms with E-state index in [0.29, 0.717) is 16.4 Å². The first-order valence-corrected chi connectivity index (χ1v) is 9.52. The van der Waals surface area contributed by atoms with Crippen molar-refractivity contribution in [2.45, 2.75) is 19.9 Å². The zero-order valence-electron chi connectivity index (χ0n) is 14.8. The number of rotatable bonds is 5. The number of aliphatic hydroxyl groups is 1. The van der Waals surface area contributed by atoms with Gasteiger partial charge in [0.15, 0.2) is 0 Å². The fourth-order valence-electron chi connectivity index (χ4n) is 2.48. The summed E-state index contributed by atoms with van der Waals surface area (Å²) >= 11 is 7.44. The second kappa shape index (κ2) is 8.04. The van der Waals surface area contributed by atoms with Crippen molar-refractivity contribution in [1.29, 1.82) is 0 Å². The van der Waals surface area contributed by atoms with Gasteiger partial charge in [0.25, 0.3) is 11.5 Å². The van der Waals surface area contributed by atoms with E-state index in [1.54, 1.807) is 31.2 Å². The number of benzene rings is 1. The molecular weight excluding hydrogens is 386 g/mol. The molecule has 0 bridgehead atoms. The highest BCUT2D eigenvalue weighted by Gasteiger charge is 2.19. The highest BCUT2D eigenvalue weighted by Crippen LogP contribution is 2.21. The summed E-state index contributed by atoms with van der Waals surface area (Å²) < 4.78 is 1.23. The van der Waals surface area contributed by atoms with Crippen LogP contribution in [0.5, 0.6) is 0 Å². The van der Waals surface area contributed by atoms with E-state index in [1.165, 1.54) is 22.1 Å². The molecule has 0 aliphatic heterocycles. The summed E-state index contributed by atoms with van der Waals surface area (Å²) in [5.74, 6) is -0.556. The molecule has 3 rings (SSSR count). The SMILES string of the molecule is Cc1cc(-n2nc(-c3ccc(Cl)cc3)cc(C(=O)NC(C)CO)c2=O)cs1. The van der Waals surface area contributed by atoms with Crippen LogP contribution in [0.2, 0.25) is 5.02 Å². The molecule has 0 fully saturated rings. The number of carbonyl (C=O) groups is 1. The Morgan fingerprint density at radius 2 is 2.04 bits per heavy atom. The predicted octanol–water partition coefficient (Wildman–Crippen LogP) is 3.03. The van der Waals surface area contributed by atoms with Gasteiger partial charge in [-0.3, -0.25) is 9.59 Å². The van der Waals surface area contributed by atoms with E-state index < -0.39 is 17.5 Å². The molecule has 2 aromatic heterocycles. The second-order valence-electron chi connectivity index (χ2n) is 6.14. The smallest absolute Gasteiger partial charge is 0.284 e. The van der Waals surface area contributed by atoms with Gasteiger partial charge in [-0.05, 0) is 38.1 Å². The van der Waals surface area contributed by atoms with E-state index in [1.807, 2.05) is 18.4 Å². The number of amides is 1. The van der Waals surface area contributed by atoms with Crippen LogP contribution in [0.3, 0.4) is 0 Å². The number of aromatic nitrogens is 2. The normalized spacial score (nSPS) is 12.0. The molecule has 0 aliphatic carbocycles. The summed E-state index contributed by atoms with van der Waals surface area (Å²) in [5.41, 5.74) is 1.23. The van der Waals surface area contributed by atoms with Gasteiger partial charge >= 0.3 is 0 Å². The third-order valence-corrected chi connectivity index (χ3v) is 5.01. The first kappa shape index (κ1) is 19.3. The molecule has 0 saturated heterocycles. The number of hydrogen-bond donors (Lipinski definition) is 2. The van der Waals surface area contributed by atoms with Crippen LogP contribution in [0, 0.1) is 6.92 Å². The van der Waals surface area contributed by atoms with Crippen molar-refractivity contribution in [1.82, 2.24) is 15.1 Å². The van der Waals surface area contributed by atoms with Crippen LogP contribution in [0.15, 0.2) is 46.6 Å². The molecule has 1 amide bonds. The first-order chi connectivity index (χ1) is 12.9. The van der Waals surface area contributed by atoms with Crippen molar-refractivity contribution in [3.8, 4) is 16.9 Å². The lowest BCUT2D eigenvalue weighted by molar-refractivity contribution is 0.0920. The fraction of sp³-hybridized carbons (Fsp3) is 0.211. The van der Waals surface area contributed by atoms with Crippen LogP contribution in [0.1, 0.15) is 22.2 Å². The molecule has 140 valence electrons. The number of nitrogens with one attached hydrogen (secondary N) is 1. The van der Waals surface area contributed by atoms with Crippen molar-refractivity contribution >= 4 is 28.8 Å². The van der Waals surface area contributed by atoms with Crippen molar-refractivity contribution in [2.24, 2.45) is 0 Å². The standard InChI is InChI=1S/C19H18ClN3O3S/c1-11(9-24)21-18(25)16-8-17(13-3-5-14(20)6-4-13)22-23(19(16)26)15-7-12(2)27-10-15/h3-8,10-11,24H,9H2,1-2H3,(H,21,25). The van der Waals surface area contributed by atoms with Crippen molar-refractivity contribution in [3.05, 3.63) is 67.6 Å². The summed E-state index contributed by atoms with van der Waals surface area (Å²) in [5, 5.41) is 18.6. The van der Waals surface area contributed by atoms with Gasteiger partial charge in [0, 0.05) is 26.9 Å². The zero-order valence-corrected chi connectivity index (χ0v) is 16.3. The Balaban J connectivity index is 2.17. The maximum absolute atomic E-state index is 12.9. The van der Waals surface area contributed by atoms with Crippen LogP contribution < -0.4 is 10.9 Å². The van der Waals surface area contributed by atoms with Gasteiger partial charge in [-0.2, -0.15) is 9.78 Å². The molecule has 8 heteroatoms. The molecule has 1 atom stereocenters. The van der Waals surface area contributed by atoms with Gasteiger partial charge in [0.05, 0.1) is 18.0 Å². The Hall–Kier alpha value is -2.48. The lowest BCUT2D eigenvalue weighted by atomic mass is 10.1. The van der Waals surface area contributed by atoms with E-state index >= 15 is 0 Å². The molecule has 0 aliphatic rings. The quantitative estimate of drug-likeness (QED) is 0.685. The lowest BCUT2D eigenvalue weighted by Gasteiger charge is -2.13. The first-order valence-electron chi connectivity index (χ1n) is 8.26. The molecule has 0 saturated carbocycles. The molecule has 1 unspecified atom stereocenters. The van der Waals surface area contributed by atoms with Crippen LogP contribution in [-0.2, 0) is 0 Å². The summed E-state index contributed by atoms with van der Waals surface area (Å²) in [4.78, 5) is 26.5. The van der Waals surface area contributed by atoms with Crippen LogP contribution in [0.4, 0.5) is 0 Å². The Morgan fingerprint density at radius 1 is 1.33 bits per heavy atom. The number of hydrogen-bond acceptors (Lipinski definition) is 5. The van der Waals surface area contributed by atoms with Gasteiger partial charge < -0.3 is 10.4 Å². The van der Waals surface area contributed by atoms with Gasteiger partial charge in [-0.25, -0.2) is 0 Å². The van der Waals surface area contributed by atoms with E-state index in [2.05, 4.69) is 10.4 Å². The van der Waals surface area contributed by atoms with Gasteiger partial charge in [-0.1, -0.05) is 23.7 Å². The highest BCUT2D eigenvalue weighted by molar-refractivity contribution is 7.10. The third-order valence-electron chi connectivity index (χ3n) is 3.91. The lowest BCUT2D eigenvalue weighted by Crippen LogP contribution is -2.39. The number of carbonyl (C=O) groups excluding carboxylic acids is 1. The molecule has 27 heavy (non-hydrogen) atoms. The van der Waals surface area contributed by atoms with Crippen molar-refractivity contribution < 1.29 is 9.90 Å². The highest BCUT2D eigenvalue weighted by atomic mass is 35.5. The number of halogens is 1. The molecule has 0 spiro atoms. The van der Waals surface area contributed by atoms with E-state index in [9.17, 15) is 14.7 Å².